The van der Waals surface area contributed by atoms with Gasteiger partial charge in [0.1, 0.15) is 28.0 Å². The second kappa shape index (κ2) is 9.78. The Morgan fingerprint density at radius 2 is 1.95 bits per heavy atom. The third kappa shape index (κ3) is 5.46. The van der Waals surface area contributed by atoms with Crippen LogP contribution in [-0.2, 0) is 27.7 Å². The molecular weight excluding hydrogens is 497 g/mol. The Bertz CT molecular complexity index is 1470. The Balaban J connectivity index is 1.23. The summed E-state index contributed by atoms with van der Waals surface area (Å²) in [5.74, 6) is 0.0466. The molecule has 3 aromatic rings. The third-order valence-corrected chi connectivity index (χ3v) is 8.12. The van der Waals surface area contributed by atoms with Gasteiger partial charge in [0, 0.05) is 35.1 Å². The summed E-state index contributed by atoms with van der Waals surface area (Å²) in [6.45, 7) is 2.16. The minimum atomic E-state index is -3.03. The molecule has 7 nitrogen and oxygen atoms in total. The van der Waals surface area contributed by atoms with Crippen molar-refractivity contribution in [3.8, 4) is 22.8 Å². The molecule has 1 aromatic heterocycles. The summed E-state index contributed by atoms with van der Waals surface area (Å²) >= 11 is 0. The van der Waals surface area contributed by atoms with Crippen LogP contribution in [0.5, 0.6) is 11.6 Å². The SMILES string of the molecule is Cc1cc(-c2ccc(F)c(COc3ccc4c(c3)C[C@H]3[C@H](C(=O)O)[C@@H]43)c2)cnc1OCCCS(C)(=O)=O. The fraction of sp³-hybridized carbons (Fsp3) is 0.357. The zero-order valence-electron chi connectivity index (χ0n) is 20.6. The van der Waals surface area contributed by atoms with E-state index in [0.29, 0.717) is 23.6 Å². The maximum atomic E-state index is 14.6. The fourth-order valence-electron chi connectivity index (χ4n) is 5.20. The standard InChI is InChI=1S/C28H28FNO6S/c1-16-10-19(14-30-27(16)35-8-3-9-37(2,33)34)17-4-7-24(29)20(11-17)15-36-21-5-6-22-18(12-21)13-23-25(22)26(23)28(31)32/h4-7,10-12,14,23,25-26H,3,8-9,13,15H2,1-2H3,(H,31,32)/t23-,25+,26+/m1/s1. The lowest BCUT2D eigenvalue weighted by Gasteiger charge is -2.13. The van der Waals surface area contributed by atoms with Crippen LogP contribution in [0.1, 0.15) is 34.6 Å². The number of aryl methyl sites for hydroxylation is 1. The van der Waals surface area contributed by atoms with Gasteiger partial charge in [-0.15, -0.1) is 0 Å². The number of rotatable bonds is 10. The number of halogens is 1. The normalized spacial score (nSPS) is 19.7. The lowest BCUT2D eigenvalue weighted by atomic mass is 10.0. The van der Waals surface area contributed by atoms with Gasteiger partial charge in [0.2, 0.25) is 5.88 Å². The lowest BCUT2D eigenvalue weighted by molar-refractivity contribution is -0.139. The maximum absolute atomic E-state index is 14.6. The van der Waals surface area contributed by atoms with E-state index in [1.54, 1.807) is 18.3 Å². The van der Waals surface area contributed by atoms with Crippen LogP contribution in [0.4, 0.5) is 4.39 Å². The molecule has 194 valence electrons. The van der Waals surface area contributed by atoms with E-state index in [-0.39, 0.29) is 42.5 Å². The van der Waals surface area contributed by atoms with E-state index >= 15 is 0 Å². The zero-order chi connectivity index (χ0) is 26.3. The number of carboxylic acid groups (broad SMARTS) is 1. The van der Waals surface area contributed by atoms with Crippen molar-refractivity contribution in [1.82, 2.24) is 4.98 Å². The number of ether oxygens (including phenoxy) is 2. The molecule has 1 saturated carbocycles. The molecule has 9 heteroatoms. The molecule has 1 N–H and O–H groups in total. The van der Waals surface area contributed by atoms with Crippen molar-refractivity contribution in [2.45, 2.75) is 32.3 Å². The van der Waals surface area contributed by atoms with E-state index in [9.17, 15) is 22.7 Å². The van der Waals surface area contributed by atoms with Gasteiger partial charge in [0.05, 0.1) is 18.3 Å². The van der Waals surface area contributed by atoms with Crippen LogP contribution in [0, 0.1) is 24.6 Å². The predicted octanol–water partition coefficient (Wildman–Crippen LogP) is 4.56. The number of hydrogen-bond acceptors (Lipinski definition) is 6. The molecule has 1 heterocycles. The van der Waals surface area contributed by atoms with Crippen LogP contribution in [-0.4, -0.2) is 43.1 Å². The molecule has 0 spiro atoms. The Hall–Kier alpha value is -3.46. The highest BCUT2D eigenvalue weighted by atomic mass is 32.2. The van der Waals surface area contributed by atoms with E-state index in [1.807, 2.05) is 31.2 Å². The Kier molecular flexibility index (Phi) is 6.66. The van der Waals surface area contributed by atoms with Crippen molar-refractivity contribution in [2.75, 3.05) is 18.6 Å². The Labute approximate surface area is 215 Å². The summed E-state index contributed by atoms with van der Waals surface area (Å²) in [7, 11) is -3.03. The first kappa shape index (κ1) is 25.2. The fourth-order valence-corrected chi connectivity index (χ4v) is 5.85. The van der Waals surface area contributed by atoms with Gasteiger partial charge in [-0.1, -0.05) is 12.1 Å². The molecule has 0 amide bonds. The van der Waals surface area contributed by atoms with Crippen LogP contribution in [0.2, 0.25) is 0 Å². The van der Waals surface area contributed by atoms with Crippen LogP contribution >= 0.6 is 0 Å². The van der Waals surface area contributed by atoms with E-state index in [1.165, 1.54) is 12.3 Å². The van der Waals surface area contributed by atoms with Crippen molar-refractivity contribution in [3.63, 3.8) is 0 Å². The molecular formula is C28H28FNO6S. The van der Waals surface area contributed by atoms with Crippen molar-refractivity contribution in [3.05, 3.63) is 76.7 Å². The lowest BCUT2D eigenvalue weighted by Crippen LogP contribution is -2.09. The molecule has 0 unspecified atom stereocenters. The summed E-state index contributed by atoms with van der Waals surface area (Å²) < 4.78 is 48.6. The van der Waals surface area contributed by atoms with Crippen LogP contribution in [0.25, 0.3) is 11.1 Å². The zero-order valence-corrected chi connectivity index (χ0v) is 21.4. The molecule has 0 saturated heterocycles. The van der Waals surface area contributed by atoms with Gasteiger partial charge in [-0.05, 0) is 72.7 Å². The number of carboxylic acids is 1. The van der Waals surface area contributed by atoms with Crippen LogP contribution in [0.3, 0.4) is 0 Å². The van der Waals surface area contributed by atoms with Gasteiger partial charge in [0.25, 0.3) is 0 Å². The number of sulfone groups is 1. The average molecular weight is 526 g/mol. The minimum absolute atomic E-state index is 0.0526. The second-order valence-electron chi connectivity index (χ2n) is 9.89. The predicted molar refractivity (Wildman–Crippen MR) is 136 cm³/mol. The largest absolute Gasteiger partial charge is 0.489 e. The van der Waals surface area contributed by atoms with Gasteiger partial charge in [-0.2, -0.15) is 0 Å². The highest BCUT2D eigenvalue weighted by Gasteiger charge is 2.59. The topological polar surface area (TPSA) is 103 Å². The molecule has 2 aromatic carbocycles. The third-order valence-electron chi connectivity index (χ3n) is 7.08. The molecule has 0 bridgehead atoms. The van der Waals surface area contributed by atoms with E-state index in [0.717, 1.165) is 34.2 Å². The van der Waals surface area contributed by atoms with Gasteiger partial charge < -0.3 is 14.6 Å². The van der Waals surface area contributed by atoms with E-state index < -0.39 is 15.8 Å². The number of pyridine rings is 1. The smallest absolute Gasteiger partial charge is 0.307 e. The van der Waals surface area contributed by atoms with Gasteiger partial charge in [0.15, 0.2) is 0 Å². The average Bonchev–Trinajstić information content (AvgIpc) is 3.44. The van der Waals surface area contributed by atoms with Crippen LogP contribution < -0.4 is 9.47 Å². The first-order valence-electron chi connectivity index (χ1n) is 12.1. The van der Waals surface area contributed by atoms with Gasteiger partial charge in [-0.25, -0.2) is 17.8 Å². The minimum Gasteiger partial charge on any atom is -0.489 e. The molecule has 0 radical (unpaired) electrons. The number of benzene rings is 2. The monoisotopic (exact) mass is 525 g/mol. The molecule has 2 aliphatic rings. The number of fused-ring (bicyclic) bond motifs is 3. The summed E-state index contributed by atoms with van der Waals surface area (Å²) in [6, 6.07) is 12.4. The van der Waals surface area contributed by atoms with E-state index in [2.05, 4.69) is 4.98 Å². The van der Waals surface area contributed by atoms with E-state index in [4.69, 9.17) is 9.47 Å². The van der Waals surface area contributed by atoms with Crippen molar-refractivity contribution in [1.29, 1.82) is 0 Å². The molecule has 2 aliphatic carbocycles. The summed E-state index contributed by atoms with van der Waals surface area (Å²) in [5, 5.41) is 9.29. The molecule has 5 rings (SSSR count). The number of aliphatic carboxylic acids is 1. The summed E-state index contributed by atoms with van der Waals surface area (Å²) in [6.07, 6.45) is 3.96. The maximum Gasteiger partial charge on any atom is 0.307 e. The number of nitrogens with zero attached hydrogens (tertiary/aromatic N) is 1. The summed E-state index contributed by atoms with van der Waals surface area (Å²) in [4.78, 5) is 15.7. The van der Waals surface area contributed by atoms with Gasteiger partial charge >= 0.3 is 5.97 Å². The number of carbonyl (C=O) groups is 1. The first-order valence-corrected chi connectivity index (χ1v) is 14.2. The molecule has 3 atom stereocenters. The Morgan fingerprint density at radius 1 is 1.14 bits per heavy atom. The number of hydrogen-bond donors (Lipinski definition) is 1. The Morgan fingerprint density at radius 3 is 2.68 bits per heavy atom. The van der Waals surface area contributed by atoms with Crippen molar-refractivity contribution < 1.29 is 32.2 Å². The van der Waals surface area contributed by atoms with Crippen molar-refractivity contribution >= 4 is 15.8 Å². The van der Waals surface area contributed by atoms with Crippen LogP contribution in [0.15, 0.2) is 48.7 Å². The highest BCUT2D eigenvalue weighted by Crippen LogP contribution is 2.61. The number of aromatic nitrogens is 1. The first-order chi connectivity index (χ1) is 17.6. The molecule has 37 heavy (non-hydrogen) atoms. The van der Waals surface area contributed by atoms with Gasteiger partial charge in [-0.3, -0.25) is 4.79 Å². The second-order valence-corrected chi connectivity index (χ2v) is 12.2. The summed E-state index contributed by atoms with van der Waals surface area (Å²) in [5.41, 5.74) is 4.98. The molecule has 0 aliphatic heterocycles. The molecule has 1 fully saturated rings. The quantitative estimate of drug-likeness (QED) is 0.387. The van der Waals surface area contributed by atoms with Crippen molar-refractivity contribution in [2.24, 2.45) is 11.8 Å². The highest BCUT2D eigenvalue weighted by molar-refractivity contribution is 7.90.